The fraction of sp³-hybridized carbons (Fsp3) is 1.00. The van der Waals surface area contributed by atoms with Crippen LogP contribution in [0.15, 0.2) is 0 Å². The number of nitrogens with two attached hydrogens (primary N) is 1. The van der Waals surface area contributed by atoms with Crippen molar-refractivity contribution in [3.63, 3.8) is 0 Å². The number of hydrogen-bond acceptors (Lipinski definition) is 4. The topological polar surface area (TPSA) is 53.7 Å². The lowest BCUT2D eigenvalue weighted by molar-refractivity contribution is 0.0314. The second-order valence-electron chi connectivity index (χ2n) is 3.98. The third-order valence-electron chi connectivity index (χ3n) is 2.39. The lowest BCUT2D eigenvalue weighted by atomic mass is 10.2. The Morgan fingerprint density at radius 2 is 1.56 bits per heavy atom. The SMILES string of the molecule is CCC[Si](OCC)(OCC)OC(C)C(C)N. The van der Waals surface area contributed by atoms with Crippen molar-refractivity contribution in [3.8, 4) is 0 Å². The largest absolute Gasteiger partial charge is 0.501 e. The average Bonchev–Trinajstić information content (AvgIpc) is 2.18. The first-order chi connectivity index (χ1) is 7.51. The van der Waals surface area contributed by atoms with E-state index in [0.717, 1.165) is 12.5 Å². The van der Waals surface area contributed by atoms with Crippen LogP contribution in [-0.2, 0) is 13.3 Å². The van der Waals surface area contributed by atoms with E-state index in [0.29, 0.717) is 13.2 Å². The van der Waals surface area contributed by atoms with Gasteiger partial charge in [0.2, 0.25) is 0 Å². The quantitative estimate of drug-likeness (QED) is 0.636. The molecule has 0 aliphatic rings. The maximum absolute atomic E-state index is 5.99. The molecule has 98 valence electrons. The minimum Gasteiger partial charge on any atom is -0.374 e. The predicted molar refractivity (Wildman–Crippen MR) is 68.3 cm³/mol. The second kappa shape index (κ2) is 8.19. The summed E-state index contributed by atoms with van der Waals surface area (Å²) >= 11 is 0. The van der Waals surface area contributed by atoms with Crippen LogP contribution < -0.4 is 5.73 Å². The molecule has 2 unspecified atom stereocenters. The number of hydrogen-bond donors (Lipinski definition) is 1. The smallest absolute Gasteiger partial charge is 0.374 e. The molecule has 0 heterocycles. The average molecular weight is 249 g/mol. The molecule has 0 aliphatic heterocycles. The van der Waals surface area contributed by atoms with Gasteiger partial charge in [0, 0.05) is 25.3 Å². The predicted octanol–water partition coefficient (Wildman–Crippen LogP) is 2.16. The summed E-state index contributed by atoms with van der Waals surface area (Å²) in [5.41, 5.74) is 5.82. The van der Waals surface area contributed by atoms with Crippen molar-refractivity contribution in [2.75, 3.05) is 13.2 Å². The Bertz CT molecular complexity index is 162. The summed E-state index contributed by atoms with van der Waals surface area (Å²) < 4.78 is 17.5. The van der Waals surface area contributed by atoms with Gasteiger partial charge in [-0.05, 0) is 27.7 Å². The molecule has 2 atom stereocenters. The molecule has 0 rings (SSSR count). The molecule has 0 aromatic heterocycles. The molecule has 0 aliphatic carbocycles. The van der Waals surface area contributed by atoms with Crippen LogP contribution in [0.25, 0.3) is 0 Å². The summed E-state index contributed by atoms with van der Waals surface area (Å²) in [7, 11) is -2.50. The van der Waals surface area contributed by atoms with Crippen molar-refractivity contribution in [2.24, 2.45) is 5.73 Å². The first-order valence-corrected chi connectivity index (χ1v) is 8.15. The van der Waals surface area contributed by atoms with Crippen molar-refractivity contribution in [1.29, 1.82) is 0 Å². The second-order valence-corrected chi connectivity index (χ2v) is 6.66. The molecular formula is C11H27NO3Si. The molecule has 0 bridgehead atoms. The van der Waals surface area contributed by atoms with E-state index in [-0.39, 0.29) is 12.1 Å². The summed E-state index contributed by atoms with van der Waals surface area (Å²) in [5, 5.41) is 0. The van der Waals surface area contributed by atoms with E-state index in [1.807, 2.05) is 27.7 Å². The zero-order valence-electron chi connectivity index (χ0n) is 11.3. The van der Waals surface area contributed by atoms with Crippen molar-refractivity contribution >= 4 is 8.80 Å². The first kappa shape index (κ1) is 16.1. The molecule has 0 aromatic carbocycles. The van der Waals surface area contributed by atoms with E-state index in [1.165, 1.54) is 0 Å². The van der Waals surface area contributed by atoms with Gasteiger partial charge < -0.3 is 19.0 Å². The standard InChI is InChI=1S/C11H27NO3Si/c1-6-9-16(13-7-2,14-8-3)15-11(5)10(4)12/h10-11H,6-9,12H2,1-5H3. The van der Waals surface area contributed by atoms with Crippen molar-refractivity contribution < 1.29 is 13.3 Å². The van der Waals surface area contributed by atoms with E-state index in [9.17, 15) is 0 Å². The molecule has 0 amide bonds. The monoisotopic (exact) mass is 249 g/mol. The number of rotatable bonds is 9. The Labute approximate surface area is 101 Å². The third-order valence-corrected chi connectivity index (χ3v) is 5.69. The fourth-order valence-corrected chi connectivity index (χ4v) is 4.35. The Kier molecular flexibility index (Phi) is 8.22. The third kappa shape index (κ3) is 5.40. The van der Waals surface area contributed by atoms with Gasteiger partial charge in [0.05, 0.1) is 6.10 Å². The molecule has 0 spiro atoms. The molecule has 0 saturated carbocycles. The van der Waals surface area contributed by atoms with Crippen LogP contribution in [0.2, 0.25) is 6.04 Å². The van der Waals surface area contributed by atoms with E-state index < -0.39 is 8.80 Å². The van der Waals surface area contributed by atoms with Crippen LogP contribution in [0.3, 0.4) is 0 Å². The lowest BCUT2D eigenvalue weighted by Crippen LogP contribution is -2.51. The van der Waals surface area contributed by atoms with Crippen LogP contribution in [0.1, 0.15) is 41.0 Å². The Hall–Kier alpha value is 0.0569. The molecule has 16 heavy (non-hydrogen) atoms. The molecule has 5 heteroatoms. The van der Waals surface area contributed by atoms with Gasteiger partial charge in [-0.3, -0.25) is 0 Å². The van der Waals surface area contributed by atoms with Gasteiger partial charge in [-0.25, -0.2) is 0 Å². The molecule has 4 nitrogen and oxygen atoms in total. The lowest BCUT2D eigenvalue weighted by Gasteiger charge is -2.32. The summed E-state index contributed by atoms with van der Waals surface area (Å²) in [5.74, 6) is 0. The normalized spacial score (nSPS) is 16.1. The van der Waals surface area contributed by atoms with Gasteiger partial charge in [0.25, 0.3) is 0 Å². The minimum atomic E-state index is -2.50. The van der Waals surface area contributed by atoms with Crippen LogP contribution in [0, 0.1) is 0 Å². The zero-order valence-corrected chi connectivity index (χ0v) is 12.3. The highest BCUT2D eigenvalue weighted by Crippen LogP contribution is 2.20. The highest BCUT2D eigenvalue weighted by Gasteiger charge is 2.41. The van der Waals surface area contributed by atoms with Crippen molar-refractivity contribution in [1.82, 2.24) is 0 Å². The molecule has 0 saturated heterocycles. The maximum atomic E-state index is 5.99. The van der Waals surface area contributed by atoms with Gasteiger partial charge in [-0.2, -0.15) is 0 Å². The van der Waals surface area contributed by atoms with Gasteiger partial charge in [0.15, 0.2) is 0 Å². The molecule has 2 N–H and O–H groups in total. The summed E-state index contributed by atoms with van der Waals surface area (Å²) in [6.07, 6.45) is 0.967. The highest BCUT2D eigenvalue weighted by molar-refractivity contribution is 6.60. The van der Waals surface area contributed by atoms with Gasteiger partial charge in [-0.15, -0.1) is 0 Å². The fourth-order valence-electron chi connectivity index (χ4n) is 1.45. The van der Waals surface area contributed by atoms with E-state index in [2.05, 4.69) is 6.92 Å². The minimum absolute atomic E-state index is 0.00959. The highest BCUT2D eigenvalue weighted by atomic mass is 28.4. The molecule has 0 aromatic rings. The van der Waals surface area contributed by atoms with Crippen molar-refractivity contribution in [2.45, 2.75) is 59.2 Å². The van der Waals surface area contributed by atoms with E-state index in [1.54, 1.807) is 0 Å². The molecular weight excluding hydrogens is 222 g/mol. The Morgan fingerprint density at radius 1 is 1.06 bits per heavy atom. The Morgan fingerprint density at radius 3 is 1.88 bits per heavy atom. The molecule has 0 radical (unpaired) electrons. The Balaban J connectivity index is 4.57. The van der Waals surface area contributed by atoms with E-state index >= 15 is 0 Å². The van der Waals surface area contributed by atoms with Crippen LogP contribution in [0.5, 0.6) is 0 Å². The van der Waals surface area contributed by atoms with Crippen LogP contribution >= 0.6 is 0 Å². The summed E-state index contributed by atoms with van der Waals surface area (Å²) in [4.78, 5) is 0. The van der Waals surface area contributed by atoms with Crippen molar-refractivity contribution in [3.05, 3.63) is 0 Å². The van der Waals surface area contributed by atoms with Gasteiger partial charge in [-0.1, -0.05) is 13.3 Å². The summed E-state index contributed by atoms with van der Waals surface area (Å²) in [6, 6.07) is 0.843. The maximum Gasteiger partial charge on any atom is 0.501 e. The summed E-state index contributed by atoms with van der Waals surface area (Å²) in [6.45, 7) is 11.2. The van der Waals surface area contributed by atoms with Crippen LogP contribution in [-0.4, -0.2) is 34.2 Å². The molecule has 0 fully saturated rings. The van der Waals surface area contributed by atoms with Gasteiger partial charge in [0.1, 0.15) is 0 Å². The zero-order chi connectivity index (χ0) is 12.6. The van der Waals surface area contributed by atoms with E-state index in [4.69, 9.17) is 19.0 Å². The van der Waals surface area contributed by atoms with Gasteiger partial charge >= 0.3 is 8.80 Å². The van der Waals surface area contributed by atoms with Crippen LogP contribution in [0.4, 0.5) is 0 Å². The first-order valence-electron chi connectivity index (χ1n) is 6.22.